The number of nitrogens with two attached hydrogens (primary N) is 1. The van der Waals surface area contributed by atoms with Gasteiger partial charge in [-0.3, -0.25) is 0 Å². The summed E-state index contributed by atoms with van der Waals surface area (Å²) in [5, 5.41) is 0. The van der Waals surface area contributed by atoms with Gasteiger partial charge in [0.15, 0.2) is 0 Å². The molecule has 2 aliphatic rings. The van der Waals surface area contributed by atoms with Crippen LogP contribution < -0.4 is 10.6 Å². The molecule has 0 saturated heterocycles. The van der Waals surface area contributed by atoms with Crippen LogP contribution in [-0.4, -0.2) is 19.4 Å². The van der Waals surface area contributed by atoms with E-state index < -0.39 is 11.6 Å². The first-order chi connectivity index (χ1) is 10.5. The third kappa shape index (κ3) is 2.68. The Morgan fingerprint density at radius 2 is 2.00 bits per heavy atom. The van der Waals surface area contributed by atoms with Gasteiger partial charge in [0.25, 0.3) is 0 Å². The molecule has 22 heavy (non-hydrogen) atoms. The molecule has 1 aliphatic heterocycles. The van der Waals surface area contributed by atoms with Crippen molar-refractivity contribution in [2.75, 3.05) is 18.1 Å². The number of alkyl halides is 3. The Hall–Kier alpha value is -1.67. The molecule has 0 aromatic heterocycles. The van der Waals surface area contributed by atoms with Gasteiger partial charge in [-0.1, -0.05) is 17.9 Å². The molecule has 0 atom stereocenters. The molecule has 1 saturated carbocycles. The van der Waals surface area contributed by atoms with Crippen LogP contribution in [0.4, 0.5) is 18.9 Å². The summed E-state index contributed by atoms with van der Waals surface area (Å²) in [6.07, 6.45) is -1.11. The molecule has 1 aromatic carbocycles. The Morgan fingerprint density at radius 1 is 1.23 bits per heavy atom. The summed E-state index contributed by atoms with van der Waals surface area (Å²) in [5.74, 6) is 5.32. The Bertz CT molecular complexity index is 621. The van der Waals surface area contributed by atoms with Gasteiger partial charge in [-0.2, -0.15) is 13.2 Å². The van der Waals surface area contributed by atoms with Crippen LogP contribution in [0.1, 0.15) is 36.8 Å². The predicted molar refractivity (Wildman–Crippen MR) is 80.4 cm³/mol. The van der Waals surface area contributed by atoms with Crippen LogP contribution in [0.5, 0.6) is 0 Å². The fourth-order valence-electron chi connectivity index (χ4n) is 2.96. The quantitative estimate of drug-likeness (QED) is 0.805. The first-order valence-corrected chi connectivity index (χ1v) is 7.64. The van der Waals surface area contributed by atoms with E-state index in [1.807, 2.05) is 18.2 Å². The highest BCUT2D eigenvalue weighted by atomic mass is 19.4. The fraction of sp³-hybridized carbons (Fsp3) is 0.529. The molecular formula is C17H19F3N2. The number of halogens is 3. The third-order valence-corrected chi connectivity index (χ3v) is 4.55. The van der Waals surface area contributed by atoms with Gasteiger partial charge in [0.2, 0.25) is 0 Å². The normalized spacial score (nSPS) is 19.7. The van der Waals surface area contributed by atoms with Crippen molar-refractivity contribution in [1.82, 2.24) is 0 Å². The van der Waals surface area contributed by atoms with Gasteiger partial charge in [0, 0.05) is 17.8 Å². The van der Waals surface area contributed by atoms with Crippen LogP contribution in [0.3, 0.4) is 0 Å². The first-order valence-electron chi connectivity index (χ1n) is 7.64. The van der Waals surface area contributed by atoms with Crippen LogP contribution in [0.25, 0.3) is 0 Å². The van der Waals surface area contributed by atoms with Crippen molar-refractivity contribution < 1.29 is 13.2 Å². The molecule has 1 heterocycles. The Labute approximate surface area is 128 Å². The highest BCUT2D eigenvalue weighted by molar-refractivity contribution is 5.61. The minimum atomic E-state index is -4.23. The standard InChI is InChI=1S/C17H19F3N2/c18-17(19,20)16(9-10-16)8-7-13-4-3-6-15-14(13)5-1-2-11-22(15)12-21/h3-4,6H,1-2,5,9-12,21H2. The average Bonchev–Trinajstić information content (AvgIpc) is 3.28. The number of benzene rings is 1. The number of nitrogens with zero attached hydrogens (tertiary/aromatic N) is 1. The van der Waals surface area contributed by atoms with Crippen molar-refractivity contribution in [3.05, 3.63) is 29.3 Å². The maximum Gasteiger partial charge on any atom is 0.405 e. The number of anilines is 1. The van der Waals surface area contributed by atoms with E-state index in [-0.39, 0.29) is 12.8 Å². The van der Waals surface area contributed by atoms with Crippen LogP contribution in [0, 0.1) is 17.3 Å². The van der Waals surface area contributed by atoms with Gasteiger partial charge >= 0.3 is 6.18 Å². The lowest BCUT2D eigenvalue weighted by Gasteiger charge is -2.23. The largest absolute Gasteiger partial charge is 0.405 e. The van der Waals surface area contributed by atoms with Crippen molar-refractivity contribution in [2.45, 2.75) is 38.3 Å². The molecule has 0 amide bonds. The lowest BCUT2D eigenvalue weighted by atomic mass is 9.99. The number of hydrogen-bond acceptors (Lipinski definition) is 2. The maximum absolute atomic E-state index is 13.0. The SMILES string of the molecule is NCN1CCCCc2c(C#CC3(C(F)(F)F)CC3)cccc21. The molecule has 118 valence electrons. The van der Waals surface area contributed by atoms with Gasteiger partial charge in [0.1, 0.15) is 5.41 Å². The van der Waals surface area contributed by atoms with Gasteiger partial charge in [-0.15, -0.1) is 0 Å². The fourth-order valence-corrected chi connectivity index (χ4v) is 2.96. The summed E-state index contributed by atoms with van der Waals surface area (Å²) in [5.41, 5.74) is 6.79. The number of fused-ring (bicyclic) bond motifs is 1. The Kier molecular flexibility index (Phi) is 3.82. The summed E-state index contributed by atoms with van der Waals surface area (Å²) in [4.78, 5) is 2.07. The molecule has 2 N–H and O–H groups in total. The molecule has 1 aromatic rings. The van der Waals surface area contributed by atoms with Gasteiger partial charge in [-0.05, 0) is 49.8 Å². The molecule has 0 unspecified atom stereocenters. The van der Waals surface area contributed by atoms with Crippen LogP contribution in [0.15, 0.2) is 18.2 Å². The molecule has 3 rings (SSSR count). The molecule has 0 spiro atoms. The van der Waals surface area contributed by atoms with Crippen molar-refractivity contribution >= 4 is 5.69 Å². The van der Waals surface area contributed by atoms with Crippen LogP contribution in [-0.2, 0) is 6.42 Å². The number of hydrogen-bond donors (Lipinski definition) is 1. The van der Waals surface area contributed by atoms with Crippen molar-refractivity contribution in [3.63, 3.8) is 0 Å². The van der Waals surface area contributed by atoms with E-state index >= 15 is 0 Å². The van der Waals surface area contributed by atoms with E-state index in [2.05, 4.69) is 16.7 Å². The third-order valence-electron chi connectivity index (χ3n) is 4.55. The molecular weight excluding hydrogens is 289 g/mol. The summed E-state index contributed by atoms with van der Waals surface area (Å²) < 4.78 is 39.0. The van der Waals surface area contributed by atoms with E-state index in [4.69, 9.17) is 5.73 Å². The summed E-state index contributed by atoms with van der Waals surface area (Å²) in [7, 11) is 0. The van der Waals surface area contributed by atoms with E-state index in [0.717, 1.165) is 37.1 Å². The molecule has 0 radical (unpaired) electrons. The summed E-state index contributed by atoms with van der Waals surface area (Å²) in [6.45, 7) is 1.29. The summed E-state index contributed by atoms with van der Waals surface area (Å²) in [6, 6.07) is 5.65. The second-order valence-corrected chi connectivity index (χ2v) is 6.04. The van der Waals surface area contributed by atoms with E-state index in [1.165, 1.54) is 0 Å². The highest BCUT2D eigenvalue weighted by Gasteiger charge is 2.62. The lowest BCUT2D eigenvalue weighted by molar-refractivity contribution is -0.168. The Balaban J connectivity index is 1.97. The van der Waals surface area contributed by atoms with E-state index in [0.29, 0.717) is 12.2 Å². The van der Waals surface area contributed by atoms with Crippen molar-refractivity contribution in [3.8, 4) is 11.8 Å². The zero-order chi connectivity index (χ0) is 15.8. The van der Waals surface area contributed by atoms with Crippen molar-refractivity contribution in [1.29, 1.82) is 0 Å². The molecule has 0 bridgehead atoms. The van der Waals surface area contributed by atoms with Gasteiger partial charge in [0.05, 0.1) is 6.67 Å². The van der Waals surface area contributed by atoms with Crippen molar-refractivity contribution in [2.24, 2.45) is 11.1 Å². The summed E-state index contributed by atoms with van der Waals surface area (Å²) >= 11 is 0. The number of rotatable bonds is 1. The average molecular weight is 308 g/mol. The lowest BCUT2D eigenvalue weighted by Crippen LogP contribution is -2.30. The van der Waals surface area contributed by atoms with Gasteiger partial charge < -0.3 is 10.6 Å². The maximum atomic E-state index is 13.0. The van der Waals surface area contributed by atoms with Crippen LogP contribution in [0.2, 0.25) is 0 Å². The second kappa shape index (κ2) is 5.51. The Morgan fingerprint density at radius 3 is 2.64 bits per heavy atom. The highest BCUT2D eigenvalue weighted by Crippen LogP contribution is 2.57. The minimum absolute atomic E-state index is 0.119. The van der Waals surface area contributed by atoms with Crippen LogP contribution >= 0.6 is 0 Å². The predicted octanol–water partition coefficient (Wildman–Crippen LogP) is 3.44. The van der Waals surface area contributed by atoms with E-state index in [1.54, 1.807) is 0 Å². The monoisotopic (exact) mass is 308 g/mol. The zero-order valence-electron chi connectivity index (χ0n) is 12.3. The molecule has 1 aliphatic carbocycles. The molecule has 2 nitrogen and oxygen atoms in total. The first kappa shape index (κ1) is 15.2. The second-order valence-electron chi connectivity index (χ2n) is 6.04. The van der Waals surface area contributed by atoms with E-state index in [9.17, 15) is 13.2 Å². The van der Waals surface area contributed by atoms with Gasteiger partial charge in [-0.25, -0.2) is 0 Å². The minimum Gasteiger partial charge on any atom is -0.359 e. The topological polar surface area (TPSA) is 29.3 Å². The molecule has 1 fully saturated rings. The zero-order valence-corrected chi connectivity index (χ0v) is 12.3. The molecule has 5 heteroatoms. The smallest absolute Gasteiger partial charge is 0.359 e.